The first-order valence-corrected chi connectivity index (χ1v) is 10.0. The smallest absolute Gasteiger partial charge is 0.341 e. The number of aromatic amines is 1. The molecule has 160 valence electrons. The number of carbonyl (C=O) groups excluding carboxylic acids is 2. The van der Waals surface area contributed by atoms with E-state index in [1.807, 2.05) is 13.8 Å². The summed E-state index contributed by atoms with van der Waals surface area (Å²) in [6.45, 7) is 7.78. The van der Waals surface area contributed by atoms with Gasteiger partial charge in [-0.3, -0.25) is 4.79 Å². The predicted octanol–water partition coefficient (Wildman–Crippen LogP) is 3.74. The SMILES string of the molecule is CCOC(=O)C1=CN(C(=O)c2ccc(F)c(C)c2)CC(C)(C)c2c1[nH]c1cncnc21. The number of aryl methyl sites for hydroxylation is 1. The normalized spacial score (nSPS) is 15.3. The van der Waals surface area contributed by atoms with E-state index in [1.54, 1.807) is 20.0 Å². The third-order valence-corrected chi connectivity index (χ3v) is 5.42. The molecule has 0 bridgehead atoms. The molecule has 0 atom stereocenters. The maximum absolute atomic E-state index is 13.7. The molecule has 4 rings (SSSR count). The lowest BCUT2D eigenvalue weighted by Crippen LogP contribution is -2.37. The lowest BCUT2D eigenvalue weighted by atomic mass is 9.83. The Kier molecular flexibility index (Phi) is 5.08. The van der Waals surface area contributed by atoms with Crippen LogP contribution in [0.3, 0.4) is 0 Å². The highest BCUT2D eigenvalue weighted by molar-refractivity contribution is 6.18. The standard InChI is InChI=1S/C23H23FN4O3/c1-5-31-22(30)15-10-28(21(29)14-6-7-16(24)13(2)8-14)11-23(3,4)18-19(15)27-17-9-25-12-26-20(17)18/h6-10,12,27H,5,11H2,1-4H3. The molecule has 3 heterocycles. The van der Waals surface area contributed by atoms with E-state index in [2.05, 4.69) is 15.0 Å². The van der Waals surface area contributed by atoms with Crippen molar-refractivity contribution < 1.29 is 18.7 Å². The summed E-state index contributed by atoms with van der Waals surface area (Å²) >= 11 is 0. The molecule has 31 heavy (non-hydrogen) atoms. The fraction of sp³-hybridized carbons (Fsp3) is 0.304. The van der Waals surface area contributed by atoms with Crippen LogP contribution in [0.4, 0.5) is 4.39 Å². The topological polar surface area (TPSA) is 88.2 Å². The molecule has 8 heteroatoms. The number of hydrogen-bond acceptors (Lipinski definition) is 5. The van der Waals surface area contributed by atoms with Gasteiger partial charge in [0, 0.05) is 29.3 Å². The van der Waals surface area contributed by atoms with Crippen LogP contribution in [0.15, 0.2) is 36.9 Å². The van der Waals surface area contributed by atoms with Gasteiger partial charge in [0.15, 0.2) is 0 Å². The minimum absolute atomic E-state index is 0.194. The van der Waals surface area contributed by atoms with E-state index in [1.165, 1.54) is 35.6 Å². The van der Waals surface area contributed by atoms with E-state index in [-0.39, 0.29) is 30.4 Å². The highest BCUT2D eigenvalue weighted by Gasteiger charge is 2.38. The monoisotopic (exact) mass is 422 g/mol. The van der Waals surface area contributed by atoms with Crippen molar-refractivity contribution in [2.24, 2.45) is 0 Å². The first-order chi connectivity index (χ1) is 14.7. The second-order valence-corrected chi connectivity index (χ2v) is 8.20. The van der Waals surface area contributed by atoms with Crippen molar-refractivity contribution in [3.8, 4) is 0 Å². The highest BCUT2D eigenvalue weighted by Crippen LogP contribution is 2.39. The number of carbonyl (C=O) groups is 2. The molecular formula is C23H23FN4O3. The number of ether oxygens (including phenoxy) is 1. The number of nitrogens with one attached hydrogen (secondary N) is 1. The van der Waals surface area contributed by atoms with Gasteiger partial charge in [0.25, 0.3) is 5.91 Å². The third-order valence-electron chi connectivity index (χ3n) is 5.42. The van der Waals surface area contributed by atoms with Crippen LogP contribution < -0.4 is 0 Å². The molecular weight excluding hydrogens is 399 g/mol. The molecule has 1 aliphatic heterocycles. The Bertz CT molecular complexity index is 1230. The molecule has 0 radical (unpaired) electrons. The molecule has 0 saturated heterocycles. The Morgan fingerprint density at radius 2 is 2.10 bits per heavy atom. The number of esters is 1. The maximum atomic E-state index is 13.7. The average Bonchev–Trinajstić information content (AvgIpc) is 3.07. The van der Waals surface area contributed by atoms with Crippen LogP contribution in [0, 0.1) is 12.7 Å². The summed E-state index contributed by atoms with van der Waals surface area (Å²) in [5.41, 5.74) is 3.15. The lowest BCUT2D eigenvalue weighted by molar-refractivity contribution is -0.136. The van der Waals surface area contributed by atoms with E-state index in [0.717, 1.165) is 5.56 Å². The Hall–Kier alpha value is -3.55. The van der Waals surface area contributed by atoms with Crippen LogP contribution in [0.1, 0.15) is 48.0 Å². The van der Waals surface area contributed by atoms with Gasteiger partial charge in [0.05, 0.1) is 35.1 Å². The minimum Gasteiger partial charge on any atom is -0.462 e. The molecule has 1 N–H and O–H groups in total. The van der Waals surface area contributed by atoms with E-state index in [0.29, 0.717) is 27.9 Å². The first kappa shape index (κ1) is 20.7. The molecule has 2 aromatic heterocycles. The second-order valence-electron chi connectivity index (χ2n) is 8.20. The number of nitrogens with zero attached hydrogens (tertiary/aromatic N) is 3. The number of benzene rings is 1. The fourth-order valence-electron chi connectivity index (χ4n) is 4.01. The largest absolute Gasteiger partial charge is 0.462 e. The van der Waals surface area contributed by atoms with Gasteiger partial charge in [-0.1, -0.05) is 13.8 Å². The zero-order valence-corrected chi connectivity index (χ0v) is 17.8. The predicted molar refractivity (Wildman–Crippen MR) is 114 cm³/mol. The van der Waals surface area contributed by atoms with Crippen molar-refractivity contribution in [2.45, 2.75) is 33.1 Å². The summed E-state index contributed by atoms with van der Waals surface area (Å²) in [5.74, 6) is -1.26. The Labute approximate surface area is 178 Å². The van der Waals surface area contributed by atoms with Crippen LogP contribution >= 0.6 is 0 Å². The van der Waals surface area contributed by atoms with Gasteiger partial charge in [-0.25, -0.2) is 19.2 Å². The van der Waals surface area contributed by atoms with Crippen LogP contribution in [-0.4, -0.2) is 44.9 Å². The third kappa shape index (κ3) is 3.58. The van der Waals surface area contributed by atoms with Crippen LogP contribution in [0.5, 0.6) is 0 Å². The fourth-order valence-corrected chi connectivity index (χ4v) is 4.01. The van der Waals surface area contributed by atoms with Crippen molar-refractivity contribution >= 4 is 28.5 Å². The van der Waals surface area contributed by atoms with Gasteiger partial charge in [0.1, 0.15) is 12.1 Å². The summed E-state index contributed by atoms with van der Waals surface area (Å²) in [6, 6.07) is 4.23. The summed E-state index contributed by atoms with van der Waals surface area (Å²) in [6.07, 6.45) is 4.62. The number of H-pyrrole nitrogens is 1. The van der Waals surface area contributed by atoms with Crippen LogP contribution in [0.2, 0.25) is 0 Å². The van der Waals surface area contributed by atoms with E-state index >= 15 is 0 Å². The number of rotatable bonds is 3. The van der Waals surface area contributed by atoms with E-state index < -0.39 is 11.4 Å². The number of aromatic nitrogens is 3. The number of amides is 1. The van der Waals surface area contributed by atoms with Gasteiger partial charge >= 0.3 is 5.97 Å². The molecule has 1 aromatic carbocycles. The van der Waals surface area contributed by atoms with Crippen LogP contribution in [-0.2, 0) is 14.9 Å². The number of halogens is 1. The molecule has 0 fully saturated rings. The average molecular weight is 422 g/mol. The van der Waals surface area contributed by atoms with Crippen molar-refractivity contribution in [2.75, 3.05) is 13.2 Å². The quantitative estimate of drug-likeness (QED) is 0.650. The van der Waals surface area contributed by atoms with Gasteiger partial charge in [-0.15, -0.1) is 0 Å². The van der Waals surface area contributed by atoms with Crippen molar-refractivity contribution in [3.63, 3.8) is 0 Å². The summed E-state index contributed by atoms with van der Waals surface area (Å²) in [5, 5.41) is 0. The maximum Gasteiger partial charge on any atom is 0.341 e. The molecule has 7 nitrogen and oxygen atoms in total. The van der Waals surface area contributed by atoms with Crippen molar-refractivity contribution in [3.05, 3.63) is 65.1 Å². The molecule has 0 spiro atoms. The molecule has 3 aromatic rings. The highest BCUT2D eigenvalue weighted by atomic mass is 19.1. The number of hydrogen-bond donors (Lipinski definition) is 1. The lowest BCUT2D eigenvalue weighted by Gasteiger charge is -2.29. The summed E-state index contributed by atoms with van der Waals surface area (Å²) in [7, 11) is 0. The minimum atomic E-state index is -0.558. The van der Waals surface area contributed by atoms with Gasteiger partial charge in [-0.05, 0) is 37.6 Å². The second kappa shape index (κ2) is 7.61. The van der Waals surface area contributed by atoms with Crippen LogP contribution in [0.25, 0.3) is 16.6 Å². The van der Waals surface area contributed by atoms with E-state index in [4.69, 9.17) is 4.74 Å². The van der Waals surface area contributed by atoms with E-state index in [9.17, 15) is 14.0 Å². The Balaban J connectivity index is 1.89. The van der Waals surface area contributed by atoms with Gasteiger partial charge < -0.3 is 14.6 Å². The molecule has 1 aliphatic rings. The zero-order chi connectivity index (χ0) is 22.3. The number of fused-ring (bicyclic) bond motifs is 3. The summed E-state index contributed by atoms with van der Waals surface area (Å²) < 4.78 is 19.0. The van der Waals surface area contributed by atoms with Gasteiger partial charge in [-0.2, -0.15) is 0 Å². The van der Waals surface area contributed by atoms with Crippen molar-refractivity contribution in [1.82, 2.24) is 19.9 Å². The molecule has 0 unspecified atom stereocenters. The van der Waals surface area contributed by atoms with Crippen molar-refractivity contribution in [1.29, 1.82) is 0 Å². The molecule has 0 saturated carbocycles. The Morgan fingerprint density at radius 1 is 1.32 bits per heavy atom. The molecule has 1 amide bonds. The van der Waals surface area contributed by atoms with Gasteiger partial charge in [0.2, 0.25) is 0 Å². The zero-order valence-electron chi connectivity index (χ0n) is 17.8. The summed E-state index contributed by atoms with van der Waals surface area (Å²) in [4.78, 5) is 39.4. The first-order valence-electron chi connectivity index (χ1n) is 10.0. The Morgan fingerprint density at radius 3 is 2.81 bits per heavy atom. The molecule has 0 aliphatic carbocycles.